The van der Waals surface area contributed by atoms with Gasteiger partial charge in [-0.15, -0.1) is 0 Å². The van der Waals surface area contributed by atoms with E-state index in [0.29, 0.717) is 13.1 Å². The normalized spacial score (nSPS) is 15.2. The minimum absolute atomic E-state index is 0.0167. The van der Waals surface area contributed by atoms with E-state index in [1.54, 1.807) is 12.0 Å². The van der Waals surface area contributed by atoms with E-state index in [4.69, 9.17) is 4.74 Å². The molecule has 1 saturated heterocycles. The second-order valence-electron chi connectivity index (χ2n) is 6.23. The van der Waals surface area contributed by atoms with Crippen molar-refractivity contribution < 1.29 is 14.3 Å². The van der Waals surface area contributed by atoms with E-state index in [2.05, 4.69) is 12.2 Å². The largest absolute Gasteiger partial charge is 0.496 e. The number of benzene rings is 1. The van der Waals surface area contributed by atoms with Gasteiger partial charge in [0, 0.05) is 30.9 Å². The Bertz CT molecular complexity index is 616. The van der Waals surface area contributed by atoms with Crippen molar-refractivity contribution >= 4 is 17.6 Å². The van der Waals surface area contributed by atoms with Crippen LogP contribution in [-0.4, -0.2) is 55.0 Å². The van der Waals surface area contributed by atoms with Crippen LogP contribution in [0, 0.1) is 13.8 Å². The summed E-state index contributed by atoms with van der Waals surface area (Å²) < 4.78 is 5.35. The number of urea groups is 1. The van der Waals surface area contributed by atoms with Gasteiger partial charge in [-0.05, 0) is 44.4 Å². The molecule has 0 radical (unpaired) electrons. The lowest BCUT2D eigenvalue weighted by Gasteiger charge is -2.22. The first-order valence-electron chi connectivity index (χ1n) is 8.45. The number of nitrogens with one attached hydrogen (secondary N) is 1. The van der Waals surface area contributed by atoms with Crippen LogP contribution >= 0.6 is 0 Å². The van der Waals surface area contributed by atoms with Gasteiger partial charge in [0.05, 0.1) is 7.11 Å². The molecule has 0 unspecified atom stereocenters. The Balaban J connectivity index is 2.10. The summed E-state index contributed by atoms with van der Waals surface area (Å²) in [5, 5.41) is 2.93. The third-order valence-electron chi connectivity index (χ3n) is 4.28. The van der Waals surface area contributed by atoms with Gasteiger partial charge in [0.25, 0.3) is 0 Å². The van der Waals surface area contributed by atoms with Gasteiger partial charge in [-0.2, -0.15) is 0 Å². The van der Waals surface area contributed by atoms with Crippen LogP contribution in [0.1, 0.15) is 30.9 Å². The Hall–Kier alpha value is -2.24. The summed E-state index contributed by atoms with van der Waals surface area (Å²) in [4.78, 5) is 28.3. The second-order valence-corrected chi connectivity index (χ2v) is 6.23. The molecule has 0 spiro atoms. The predicted molar refractivity (Wildman–Crippen MR) is 94.5 cm³/mol. The fourth-order valence-electron chi connectivity index (χ4n) is 2.96. The van der Waals surface area contributed by atoms with Gasteiger partial charge in [-0.1, -0.05) is 6.92 Å². The standard InChI is InChI=1S/C18H27N3O3/c1-5-7-20-8-6-9-21(12-17(20)22)18(23)19-15-10-13(2)11-16(24-4)14(15)3/h10-11H,5-9,12H2,1-4H3,(H,19,23). The Morgan fingerprint density at radius 1 is 1.29 bits per heavy atom. The van der Waals surface area contributed by atoms with Crippen molar-refractivity contribution in [3.8, 4) is 5.75 Å². The van der Waals surface area contributed by atoms with Crippen molar-refractivity contribution in [1.29, 1.82) is 0 Å². The van der Waals surface area contributed by atoms with Crippen LogP contribution in [0.25, 0.3) is 0 Å². The summed E-state index contributed by atoms with van der Waals surface area (Å²) >= 11 is 0. The summed E-state index contributed by atoms with van der Waals surface area (Å²) in [6.07, 6.45) is 1.73. The summed E-state index contributed by atoms with van der Waals surface area (Å²) in [7, 11) is 1.61. The molecule has 1 aliphatic heterocycles. The van der Waals surface area contributed by atoms with E-state index in [0.717, 1.165) is 42.0 Å². The Kier molecular flexibility index (Phi) is 6.06. The average Bonchev–Trinajstić information content (AvgIpc) is 2.73. The van der Waals surface area contributed by atoms with Crippen LogP contribution in [0.4, 0.5) is 10.5 Å². The molecular formula is C18H27N3O3. The van der Waals surface area contributed by atoms with Crippen molar-refractivity contribution in [2.45, 2.75) is 33.6 Å². The minimum Gasteiger partial charge on any atom is -0.496 e. The molecule has 1 aliphatic rings. The van der Waals surface area contributed by atoms with Crippen LogP contribution < -0.4 is 10.1 Å². The number of aryl methyl sites for hydroxylation is 1. The minimum atomic E-state index is -0.238. The van der Waals surface area contributed by atoms with Gasteiger partial charge in [-0.25, -0.2) is 4.79 Å². The number of amides is 3. The molecule has 1 aromatic carbocycles. The molecule has 0 saturated carbocycles. The van der Waals surface area contributed by atoms with Crippen LogP contribution in [-0.2, 0) is 4.79 Å². The lowest BCUT2D eigenvalue weighted by atomic mass is 10.1. The van der Waals surface area contributed by atoms with E-state index >= 15 is 0 Å². The van der Waals surface area contributed by atoms with Crippen molar-refractivity contribution in [1.82, 2.24) is 9.80 Å². The molecule has 0 aliphatic carbocycles. The van der Waals surface area contributed by atoms with Crippen molar-refractivity contribution in [3.63, 3.8) is 0 Å². The molecule has 1 fully saturated rings. The second kappa shape index (κ2) is 8.04. The quantitative estimate of drug-likeness (QED) is 0.921. The highest BCUT2D eigenvalue weighted by atomic mass is 16.5. The first kappa shape index (κ1) is 18.1. The monoisotopic (exact) mass is 333 g/mol. The maximum atomic E-state index is 12.6. The number of ether oxygens (including phenoxy) is 1. The Morgan fingerprint density at radius 3 is 2.71 bits per heavy atom. The number of carbonyl (C=O) groups excluding carboxylic acids is 2. The van der Waals surface area contributed by atoms with Gasteiger partial charge < -0.3 is 19.9 Å². The molecule has 2 rings (SSSR count). The number of methoxy groups -OCH3 is 1. The number of hydrogen-bond donors (Lipinski definition) is 1. The van der Waals surface area contributed by atoms with E-state index in [1.165, 1.54) is 0 Å². The highest BCUT2D eigenvalue weighted by molar-refractivity contribution is 5.93. The topological polar surface area (TPSA) is 61.9 Å². The van der Waals surface area contributed by atoms with E-state index in [1.807, 2.05) is 30.9 Å². The maximum Gasteiger partial charge on any atom is 0.322 e. The fraction of sp³-hybridized carbons (Fsp3) is 0.556. The van der Waals surface area contributed by atoms with Crippen molar-refractivity contribution in [2.75, 3.05) is 38.6 Å². The van der Waals surface area contributed by atoms with Gasteiger partial charge in [0.1, 0.15) is 12.3 Å². The number of carbonyl (C=O) groups is 2. The molecule has 6 heteroatoms. The molecule has 24 heavy (non-hydrogen) atoms. The third kappa shape index (κ3) is 4.19. The van der Waals surface area contributed by atoms with Crippen LogP contribution in [0.15, 0.2) is 12.1 Å². The van der Waals surface area contributed by atoms with Gasteiger partial charge in [0.15, 0.2) is 0 Å². The molecule has 0 bridgehead atoms. The summed E-state index contributed by atoms with van der Waals surface area (Å²) in [6, 6.07) is 3.61. The third-order valence-corrected chi connectivity index (χ3v) is 4.28. The van der Waals surface area contributed by atoms with Gasteiger partial charge >= 0.3 is 6.03 Å². The number of rotatable bonds is 4. The average molecular weight is 333 g/mol. The van der Waals surface area contributed by atoms with Gasteiger partial charge in [-0.3, -0.25) is 4.79 Å². The summed E-state index contributed by atoms with van der Waals surface area (Å²) in [5.74, 6) is 0.759. The van der Waals surface area contributed by atoms with Crippen LogP contribution in [0.5, 0.6) is 5.75 Å². The van der Waals surface area contributed by atoms with E-state index < -0.39 is 0 Å². The van der Waals surface area contributed by atoms with Crippen molar-refractivity contribution in [3.05, 3.63) is 23.3 Å². The molecule has 1 heterocycles. The van der Waals surface area contributed by atoms with Crippen LogP contribution in [0.3, 0.4) is 0 Å². The molecule has 6 nitrogen and oxygen atoms in total. The first-order chi connectivity index (χ1) is 11.5. The molecular weight excluding hydrogens is 306 g/mol. The Morgan fingerprint density at radius 2 is 2.04 bits per heavy atom. The summed E-state index contributed by atoms with van der Waals surface area (Å²) in [6.45, 7) is 8.10. The lowest BCUT2D eigenvalue weighted by molar-refractivity contribution is -0.130. The molecule has 0 aromatic heterocycles. The molecule has 1 aromatic rings. The number of nitrogens with zero attached hydrogens (tertiary/aromatic N) is 2. The van der Waals surface area contributed by atoms with E-state index in [-0.39, 0.29) is 18.5 Å². The number of anilines is 1. The zero-order valence-electron chi connectivity index (χ0n) is 15.0. The number of hydrogen-bond acceptors (Lipinski definition) is 3. The molecule has 132 valence electrons. The van der Waals surface area contributed by atoms with Crippen LogP contribution in [0.2, 0.25) is 0 Å². The Labute approximate surface area is 143 Å². The van der Waals surface area contributed by atoms with Crippen molar-refractivity contribution in [2.24, 2.45) is 0 Å². The molecule has 0 atom stereocenters. The highest BCUT2D eigenvalue weighted by Gasteiger charge is 2.24. The smallest absolute Gasteiger partial charge is 0.322 e. The summed E-state index contributed by atoms with van der Waals surface area (Å²) in [5.41, 5.74) is 2.61. The zero-order valence-corrected chi connectivity index (χ0v) is 15.0. The molecule has 3 amide bonds. The highest BCUT2D eigenvalue weighted by Crippen LogP contribution is 2.27. The van der Waals surface area contributed by atoms with Gasteiger partial charge in [0.2, 0.25) is 5.91 Å². The lowest BCUT2D eigenvalue weighted by Crippen LogP contribution is -2.41. The van der Waals surface area contributed by atoms with E-state index in [9.17, 15) is 9.59 Å². The first-order valence-corrected chi connectivity index (χ1v) is 8.45. The maximum absolute atomic E-state index is 12.6. The SMILES string of the molecule is CCCN1CCCN(C(=O)Nc2cc(C)cc(OC)c2C)CC1=O. The molecule has 1 N–H and O–H groups in total. The zero-order chi connectivity index (χ0) is 17.7. The fourth-order valence-corrected chi connectivity index (χ4v) is 2.96. The predicted octanol–water partition coefficient (Wildman–Crippen LogP) is 2.79.